The minimum atomic E-state index is -0.785. The zero-order valence-electron chi connectivity index (χ0n) is 17.9. The fourth-order valence-corrected chi connectivity index (χ4v) is 3.95. The second-order valence-corrected chi connectivity index (χ2v) is 7.83. The number of benzene rings is 2. The summed E-state index contributed by atoms with van der Waals surface area (Å²) < 4.78 is 7.26. The minimum Gasteiger partial charge on any atom is -0.467 e. The molecular weight excluding hydrogens is 432 g/mol. The summed E-state index contributed by atoms with van der Waals surface area (Å²) in [7, 11) is 0. The summed E-state index contributed by atoms with van der Waals surface area (Å²) in [5.74, 6) is -1.00. The van der Waals surface area contributed by atoms with Crippen molar-refractivity contribution in [3.05, 3.63) is 101 Å². The lowest BCUT2D eigenvalue weighted by molar-refractivity contribution is -0.130. The van der Waals surface area contributed by atoms with Gasteiger partial charge in [-0.25, -0.2) is 4.79 Å². The van der Waals surface area contributed by atoms with Crippen molar-refractivity contribution in [2.45, 2.75) is 13.1 Å². The number of aromatic nitrogens is 1. The smallest absolute Gasteiger partial charge is 0.331 e. The molecule has 1 fully saturated rings. The van der Waals surface area contributed by atoms with Crippen LogP contribution in [0, 0.1) is 11.3 Å². The van der Waals surface area contributed by atoms with Gasteiger partial charge in [0, 0.05) is 29.2 Å². The molecule has 0 saturated carbocycles. The van der Waals surface area contributed by atoms with Crippen LogP contribution in [0.25, 0.3) is 17.0 Å². The first-order chi connectivity index (χ1) is 16.5. The lowest BCUT2D eigenvalue weighted by atomic mass is 10.1. The molecule has 0 unspecified atom stereocenters. The van der Waals surface area contributed by atoms with Gasteiger partial charge in [-0.15, -0.1) is 0 Å². The molecule has 8 nitrogen and oxygen atoms in total. The maximum absolute atomic E-state index is 13.1. The molecule has 0 aliphatic carbocycles. The van der Waals surface area contributed by atoms with E-state index < -0.39 is 17.8 Å². The molecule has 1 N–H and O–H groups in total. The summed E-state index contributed by atoms with van der Waals surface area (Å²) in [5, 5.41) is 12.1. The van der Waals surface area contributed by atoms with Gasteiger partial charge in [0.25, 0.3) is 11.8 Å². The Morgan fingerprint density at radius 1 is 0.971 bits per heavy atom. The van der Waals surface area contributed by atoms with E-state index in [1.807, 2.05) is 47.2 Å². The SMILES string of the molecule is N#Cc1ccc(Cn2cc(/C=C3\C(=O)NC(=O)N(Cc4ccco4)C3=O)c3ccccc32)cc1. The van der Waals surface area contributed by atoms with Gasteiger partial charge in [-0.1, -0.05) is 30.3 Å². The highest BCUT2D eigenvalue weighted by Crippen LogP contribution is 2.26. The number of hydrogen-bond acceptors (Lipinski definition) is 5. The first kappa shape index (κ1) is 21.0. The van der Waals surface area contributed by atoms with Crippen LogP contribution < -0.4 is 5.32 Å². The summed E-state index contributed by atoms with van der Waals surface area (Å²) in [4.78, 5) is 38.9. The Hall–Kier alpha value is -4.90. The van der Waals surface area contributed by atoms with E-state index in [0.29, 0.717) is 23.4 Å². The largest absolute Gasteiger partial charge is 0.467 e. The number of carbonyl (C=O) groups is 3. The van der Waals surface area contributed by atoms with Crippen molar-refractivity contribution < 1.29 is 18.8 Å². The lowest BCUT2D eigenvalue weighted by Crippen LogP contribution is -2.53. The van der Waals surface area contributed by atoms with Crippen molar-refractivity contribution in [2.75, 3.05) is 0 Å². The van der Waals surface area contributed by atoms with Crippen LogP contribution in [0.2, 0.25) is 0 Å². The van der Waals surface area contributed by atoms with Gasteiger partial charge in [0.05, 0.1) is 24.4 Å². The molecule has 0 atom stereocenters. The molecule has 4 amide bonds. The molecule has 34 heavy (non-hydrogen) atoms. The standard InChI is InChI=1S/C26H18N4O4/c27-13-17-7-9-18(10-8-17)14-29-15-19(21-5-1-2-6-23(21)29)12-22-24(31)28-26(33)30(25(22)32)16-20-4-3-11-34-20/h1-12,15H,14,16H2,(H,28,31,33)/b22-12+. The predicted molar refractivity (Wildman–Crippen MR) is 123 cm³/mol. The van der Waals surface area contributed by atoms with Crippen LogP contribution in [0.1, 0.15) is 22.5 Å². The molecular formula is C26H18N4O4. The average molecular weight is 450 g/mol. The quantitative estimate of drug-likeness (QED) is 0.367. The molecule has 2 aromatic heterocycles. The lowest BCUT2D eigenvalue weighted by Gasteiger charge is -2.25. The first-order valence-electron chi connectivity index (χ1n) is 10.5. The number of rotatable bonds is 5. The number of carbonyl (C=O) groups excluding carboxylic acids is 3. The average Bonchev–Trinajstić information content (AvgIpc) is 3.48. The van der Waals surface area contributed by atoms with E-state index in [4.69, 9.17) is 9.68 Å². The molecule has 0 radical (unpaired) electrons. The normalized spacial score (nSPS) is 15.1. The third-order valence-electron chi connectivity index (χ3n) is 5.64. The Kier molecular flexibility index (Phi) is 5.28. The van der Waals surface area contributed by atoms with E-state index in [2.05, 4.69) is 11.4 Å². The highest BCUT2D eigenvalue weighted by molar-refractivity contribution is 6.31. The summed E-state index contributed by atoms with van der Waals surface area (Å²) in [6.45, 7) is 0.460. The summed E-state index contributed by atoms with van der Waals surface area (Å²) in [6.07, 6.45) is 4.83. The van der Waals surface area contributed by atoms with Gasteiger partial charge in [-0.05, 0) is 42.0 Å². The van der Waals surface area contributed by atoms with Gasteiger partial charge in [-0.2, -0.15) is 5.26 Å². The van der Waals surface area contributed by atoms with E-state index in [9.17, 15) is 14.4 Å². The van der Waals surface area contributed by atoms with Crippen molar-refractivity contribution in [2.24, 2.45) is 0 Å². The number of para-hydroxylation sites is 1. The van der Waals surface area contributed by atoms with Crippen LogP contribution in [0.15, 0.2) is 83.1 Å². The molecule has 1 saturated heterocycles. The Bertz CT molecular complexity index is 1490. The number of imide groups is 2. The molecule has 8 heteroatoms. The van der Waals surface area contributed by atoms with Crippen LogP contribution in [0.5, 0.6) is 0 Å². The molecule has 166 valence electrons. The maximum atomic E-state index is 13.1. The van der Waals surface area contributed by atoms with Crippen LogP contribution >= 0.6 is 0 Å². The Labute approximate surface area is 194 Å². The van der Waals surface area contributed by atoms with E-state index in [1.54, 1.807) is 24.3 Å². The van der Waals surface area contributed by atoms with Gasteiger partial charge in [0.2, 0.25) is 0 Å². The van der Waals surface area contributed by atoms with Gasteiger partial charge in [-0.3, -0.25) is 19.8 Å². The van der Waals surface area contributed by atoms with E-state index in [1.165, 1.54) is 12.3 Å². The fourth-order valence-electron chi connectivity index (χ4n) is 3.95. The number of amides is 4. The number of fused-ring (bicyclic) bond motifs is 1. The highest BCUT2D eigenvalue weighted by Gasteiger charge is 2.36. The summed E-state index contributed by atoms with van der Waals surface area (Å²) >= 11 is 0. The van der Waals surface area contributed by atoms with Gasteiger partial charge < -0.3 is 8.98 Å². The van der Waals surface area contributed by atoms with Crippen LogP contribution in [0.4, 0.5) is 4.79 Å². The van der Waals surface area contributed by atoms with Gasteiger partial charge in [0.1, 0.15) is 11.3 Å². The topological polar surface area (TPSA) is 108 Å². The zero-order chi connectivity index (χ0) is 23.7. The number of nitrogens with one attached hydrogen (secondary N) is 1. The second-order valence-electron chi connectivity index (χ2n) is 7.83. The molecule has 1 aliphatic heterocycles. The third-order valence-corrected chi connectivity index (χ3v) is 5.64. The number of hydrogen-bond donors (Lipinski definition) is 1. The number of furan rings is 1. The van der Waals surface area contributed by atoms with Crippen LogP contribution in [-0.4, -0.2) is 27.3 Å². The van der Waals surface area contributed by atoms with E-state index in [0.717, 1.165) is 21.4 Å². The van der Waals surface area contributed by atoms with Crippen molar-refractivity contribution in [1.82, 2.24) is 14.8 Å². The van der Waals surface area contributed by atoms with Crippen molar-refractivity contribution in [3.63, 3.8) is 0 Å². The zero-order valence-corrected chi connectivity index (χ0v) is 17.9. The summed E-state index contributed by atoms with van der Waals surface area (Å²) in [6, 6.07) is 19.6. The Morgan fingerprint density at radius 2 is 1.76 bits per heavy atom. The van der Waals surface area contributed by atoms with Crippen molar-refractivity contribution in [1.29, 1.82) is 5.26 Å². The predicted octanol–water partition coefficient (Wildman–Crippen LogP) is 3.82. The molecule has 0 bridgehead atoms. The molecule has 4 aromatic rings. The second kappa shape index (κ2) is 8.56. The summed E-state index contributed by atoms with van der Waals surface area (Å²) in [5.41, 5.74) is 3.05. The van der Waals surface area contributed by atoms with Gasteiger partial charge in [0.15, 0.2) is 0 Å². The number of nitrogens with zero attached hydrogens (tertiary/aromatic N) is 3. The maximum Gasteiger partial charge on any atom is 0.331 e. The molecule has 1 aliphatic rings. The van der Waals surface area contributed by atoms with E-state index in [-0.39, 0.29) is 12.1 Å². The Morgan fingerprint density at radius 3 is 2.50 bits per heavy atom. The first-order valence-corrected chi connectivity index (χ1v) is 10.5. The minimum absolute atomic E-state index is 0.0806. The Balaban J connectivity index is 1.51. The fraction of sp³-hybridized carbons (Fsp3) is 0.0769. The molecule has 0 spiro atoms. The van der Waals surface area contributed by atoms with Gasteiger partial charge >= 0.3 is 6.03 Å². The highest BCUT2D eigenvalue weighted by atomic mass is 16.3. The van der Waals surface area contributed by atoms with E-state index >= 15 is 0 Å². The van der Waals surface area contributed by atoms with Crippen LogP contribution in [-0.2, 0) is 22.7 Å². The van der Waals surface area contributed by atoms with Crippen LogP contribution in [0.3, 0.4) is 0 Å². The molecule has 3 heterocycles. The monoisotopic (exact) mass is 450 g/mol. The number of urea groups is 1. The number of nitriles is 1. The van der Waals surface area contributed by atoms with Crippen molar-refractivity contribution >= 4 is 34.8 Å². The molecule has 2 aromatic carbocycles. The molecule has 5 rings (SSSR count). The number of barbiturate groups is 1. The third kappa shape index (κ3) is 3.87. The van der Waals surface area contributed by atoms with Crippen molar-refractivity contribution in [3.8, 4) is 6.07 Å².